The van der Waals surface area contributed by atoms with Crippen LogP contribution in [0.3, 0.4) is 0 Å². The first kappa shape index (κ1) is 13.9. The number of hydrogen-bond donors (Lipinski definition) is 1. The van der Waals surface area contributed by atoms with E-state index in [9.17, 15) is 0 Å². The fourth-order valence-electron chi connectivity index (χ4n) is 2.49. The van der Waals surface area contributed by atoms with Gasteiger partial charge in [0.25, 0.3) is 0 Å². The normalized spacial score (nSPS) is 13.8. The van der Waals surface area contributed by atoms with Crippen LogP contribution in [0.2, 0.25) is 0 Å². The SMILES string of the molecule is CC(CCl)(Nc1ccnc2ccccc12)c1ccccc1. The van der Waals surface area contributed by atoms with Crippen molar-refractivity contribution in [2.24, 2.45) is 0 Å². The Balaban J connectivity index is 2.04. The summed E-state index contributed by atoms with van der Waals surface area (Å²) in [7, 11) is 0. The number of nitrogens with zero attached hydrogens (tertiary/aromatic N) is 1. The number of alkyl halides is 1. The van der Waals surface area contributed by atoms with Crippen LogP contribution in [-0.2, 0) is 5.54 Å². The number of benzene rings is 2. The van der Waals surface area contributed by atoms with Gasteiger partial charge >= 0.3 is 0 Å². The van der Waals surface area contributed by atoms with Crippen molar-refractivity contribution in [2.75, 3.05) is 11.2 Å². The summed E-state index contributed by atoms with van der Waals surface area (Å²) in [6.07, 6.45) is 1.82. The molecule has 3 aromatic rings. The summed E-state index contributed by atoms with van der Waals surface area (Å²) in [6.45, 7) is 2.12. The van der Waals surface area contributed by atoms with E-state index in [0.717, 1.165) is 16.6 Å². The molecule has 1 unspecified atom stereocenters. The second-order valence-electron chi connectivity index (χ2n) is 5.33. The minimum atomic E-state index is -0.326. The predicted octanol–water partition coefficient (Wildman–Crippen LogP) is 4.80. The number of halogens is 1. The van der Waals surface area contributed by atoms with Crippen LogP contribution in [0.1, 0.15) is 12.5 Å². The van der Waals surface area contributed by atoms with Gasteiger partial charge in [0.15, 0.2) is 0 Å². The van der Waals surface area contributed by atoms with E-state index in [1.54, 1.807) is 0 Å². The van der Waals surface area contributed by atoms with E-state index >= 15 is 0 Å². The number of aromatic nitrogens is 1. The number of hydrogen-bond acceptors (Lipinski definition) is 2. The third-order valence-corrected chi connectivity index (χ3v) is 4.27. The minimum Gasteiger partial charge on any atom is -0.374 e. The standard InChI is InChI=1S/C18H17ClN2/c1-18(13-19,14-7-3-2-4-8-14)21-17-11-12-20-16-10-6-5-9-15(16)17/h2-12H,13H2,1H3,(H,20,21). The molecule has 0 bridgehead atoms. The molecule has 1 N–H and O–H groups in total. The molecule has 0 fully saturated rings. The first-order valence-corrected chi connectivity index (χ1v) is 7.50. The van der Waals surface area contributed by atoms with Crippen LogP contribution in [0.25, 0.3) is 10.9 Å². The number of nitrogens with one attached hydrogen (secondary N) is 1. The molecule has 1 aromatic heterocycles. The van der Waals surface area contributed by atoms with E-state index in [0.29, 0.717) is 5.88 Å². The zero-order chi connectivity index (χ0) is 14.7. The van der Waals surface area contributed by atoms with Crippen LogP contribution in [0, 0.1) is 0 Å². The molecule has 0 aliphatic heterocycles. The Morgan fingerprint density at radius 3 is 2.48 bits per heavy atom. The summed E-state index contributed by atoms with van der Waals surface area (Å²) >= 11 is 6.27. The molecule has 0 radical (unpaired) electrons. The molecule has 0 saturated carbocycles. The van der Waals surface area contributed by atoms with Crippen LogP contribution in [0.5, 0.6) is 0 Å². The van der Waals surface area contributed by atoms with Crippen LogP contribution < -0.4 is 5.32 Å². The summed E-state index contributed by atoms with van der Waals surface area (Å²) in [5.41, 5.74) is 2.87. The first-order valence-electron chi connectivity index (χ1n) is 6.96. The highest BCUT2D eigenvalue weighted by molar-refractivity contribution is 6.19. The molecule has 3 heteroatoms. The molecule has 0 spiro atoms. The van der Waals surface area contributed by atoms with E-state index in [1.165, 1.54) is 5.56 Å². The molecule has 106 valence electrons. The Hall–Kier alpha value is -2.06. The quantitative estimate of drug-likeness (QED) is 0.699. The molecule has 1 heterocycles. The van der Waals surface area contributed by atoms with Crippen molar-refractivity contribution in [1.29, 1.82) is 0 Å². The van der Waals surface area contributed by atoms with Crippen LogP contribution in [0.4, 0.5) is 5.69 Å². The van der Waals surface area contributed by atoms with Gasteiger partial charge in [0.05, 0.1) is 11.1 Å². The maximum Gasteiger partial charge on any atom is 0.0732 e. The van der Waals surface area contributed by atoms with Crippen LogP contribution in [-0.4, -0.2) is 10.9 Å². The largest absolute Gasteiger partial charge is 0.374 e. The topological polar surface area (TPSA) is 24.9 Å². The fraction of sp³-hybridized carbons (Fsp3) is 0.167. The molecular formula is C18H17ClN2. The van der Waals surface area contributed by atoms with Crippen LogP contribution in [0.15, 0.2) is 66.9 Å². The second kappa shape index (κ2) is 5.74. The Morgan fingerprint density at radius 1 is 1.00 bits per heavy atom. The Kier molecular flexibility index (Phi) is 3.80. The molecule has 3 rings (SSSR count). The van der Waals surface area contributed by atoms with Gasteiger partial charge in [-0.3, -0.25) is 4.98 Å². The van der Waals surface area contributed by atoms with Gasteiger partial charge in [-0.25, -0.2) is 0 Å². The van der Waals surface area contributed by atoms with Crippen molar-refractivity contribution in [3.05, 3.63) is 72.4 Å². The summed E-state index contributed by atoms with van der Waals surface area (Å²) < 4.78 is 0. The van der Waals surface area contributed by atoms with Crippen molar-refractivity contribution in [1.82, 2.24) is 4.98 Å². The molecule has 0 aliphatic rings. The lowest BCUT2D eigenvalue weighted by Gasteiger charge is -2.31. The van der Waals surface area contributed by atoms with Crippen molar-refractivity contribution in [2.45, 2.75) is 12.5 Å². The molecule has 2 aromatic carbocycles. The lowest BCUT2D eigenvalue weighted by atomic mass is 9.93. The Labute approximate surface area is 129 Å². The maximum atomic E-state index is 6.27. The fourth-order valence-corrected chi connectivity index (χ4v) is 2.71. The minimum absolute atomic E-state index is 0.326. The second-order valence-corrected chi connectivity index (χ2v) is 5.60. The van der Waals surface area contributed by atoms with Crippen LogP contribution >= 0.6 is 11.6 Å². The lowest BCUT2D eigenvalue weighted by molar-refractivity contribution is 0.618. The highest BCUT2D eigenvalue weighted by Crippen LogP contribution is 2.30. The van der Waals surface area contributed by atoms with E-state index in [1.807, 2.05) is 48.7 Å². The summed E-state index contributed by atoms with van der Waals surface area (Å²) in [4.78, 5) is 4.40. The molecule has 0 aliphatic carbocycles. The molecular weight excluding hydrogens is 280 g/mol. The smallest absolute Gasteiger partial charge is 0.0732 e. The lowest BCUT2D eigenvalue weighted by Crippen LogP contribution is -2.33. The van der Waals surface area contributed by atoms with Gasteiger partial charge in [-0.05, 0) is 24.6 Å². The molecule has 21 heavy (non-hydrogen) atoms. The predicted molar refractivity (Wildman–Crippen MR) is 89.9 cm³/mol. The van der Waals surface area contributed by atoms with Crippen molar-refractivity contribution >= 4 is 28.2 Å². The highest BCUT2D eigenvalue weighted by Gasteiger charge is 2.25. The molecule has 1 atom stereocenters. The summed E-state index contributed by atoms with van der Waals surface area (Å²) in [6, 6.07) is 20.4. The van der Waals surface area contributed by atoms with Gasteiger partial charge in [-0.15, -0.1) is 11.6 Å². The number of pyridine rings is 1. The van der Waals surface area contributed by atoms with E-state index in [4.69, 9.17) is 11.6 Å². The monoisotopic (exact) mass is 296 g/mol. The van der Waals surface area contributed by atoms with Gasteiger partial charge < -0.3 is 5.32 Å². The van der Waals surface area contributed by atoms with Gasteiger partial charge in [0.2, 0.25) is 0 Å². The highest BCUT2D eigenvalue weighted by atomic mass is 35.5. The van der Waals surface area contributed by atoms with Crippen molar-refractivity contribution in [3.63, 3.8) is 0 Å². The van der Waals surface area contributed by atoms with Crippen molar-refractivity contribution in [3.8, 4) is 0 Å². The van der Waals surface area contributed by atoms with E-state index in [2.05, 4.69) is 35.4 Å². The molecule has 2 nitrogen and oxygen atoms in total. The third-order valence-electron chi connectivity index (χ3n) is 3.74. The van der Waals surface area contributed by atoms with Gasteiger partial charge in [0, 0.05) is 23.2 Å². The average molecular weight is 297 g/mol. The first-order chi connectivity index (χ1) is 10.2. The third kappa shape index (κ3) is 2.72. The summed E-state index contributed by atoms with van der Waals surface area (Å²) in [5.74, 6) is 0.480. The number of anilines is 1. The van der Waals surface area contributed by atoms with Gasteiger partial charge in [-0.2, -0.15) is 0 Å². The Morgan fingerprint density at radius 2 is 1.71 bits per heavy atom. The maximum absolute atomic E-state index is 6.27. The molecule has 0 saturated heterocycles. The molecule has 0 amide bonds. The zero-order valence-electron chi connectivity index (χ0n) is 11.9. The summed E-state index contributed by atoms with van der Waals surface area (Å²) in [5, 5.41) is 4.70. The number of rotatable bonds is 4. The van der Waals surface area contributed by atoms with E-state index in [-0.39, 0.29) is 5.54 Å². The number of para-hydroxylation sites is 1. The Bertz CT molecular complexity index is 737. The van der Waals surface area contributed by atoms with Gasteiger partial charge in [-0.1, -0.05) is 48.5 Å². The van der Waals surface area contributed by atoms with E-state index < -0.39 is 0 Å². The number of fused-ring (bicyclic) bond motifs is 1. The zero-order valence-corrected chi connectivity index (χ0v) is 12.6. The average Bonchev–Trinajstić information content (AvgIpc) is 2.56. The van der Waals surface area contributed by atoms with Gasteiger partial charge in [0.1, 0.15) is 0 Å². The van der Waals surface area contributed by atoms with Crippen molar-refractivity contribution < 1.29 is 0 Å².